The van der Waals surface area contributed by atoms with E-state index in [1.165, 1.54) is 11.1 Å². The van der Waals surface area contributed by atoms with Gasteiger partial charge in [0.1, 0.15) is 11.6 Å². The van der Waals surface area contributed by atoms with E-state index in [4.69, 9.17) is 0 Å². The van der Waals surface area contributed by atoms with Crippen molar-refractivity contribution in [3.8, 4) is 22.5 Å². The van der Waals surface area contributed by atoms with Crippen LogP contribution < -0.4 is 10.6 Å². The van der Waals surface area contributed by atoms with Crippen molar-refractivity contribution in [1.82, 2.24) is 20.4 Å². The van der Waals surface area contributed by atoms with Crippen LogP contribution in [0.5, 0.6) is 0 Å². The zero-order valence-electron chi connectivity index (χ0n) is 16.1. The molecule has 0 saturated carbocycles. The molecule has 0 saturated heterocycles. The predicted octanol–water partition coefficient (Wildman–Crippen LogP) is 4.61. The fraction of sp³-hybridized carbons (Fsp3) is 0.182. The molecule has 4 N–H and O–H groups in total. The highest BCUT2D eigenvalue weighted by Gasteiger charge is 2.05. The largest absolute Gasteiger partial charge is 0.367 e. The second kappa shape index (κ2) is 8.00. The molecule has 6 heteroatoms. The Kier molecular flexibility index (Phi) is 5.10. The van der Waals surface area contributed by atoms with E-state index in [-0.39, 0.29) is 0 Å². The molecule has 0 radical (unpaired) electrons. The first-order valence-electron chi connectivity index (χ1n) is 9.40. The summed E-state index contributed by atoms with van der Waals surface area (Å²) in [6.45, 7) is 5.65. The second-order valence-electron chi connectivity index (χ2n) is 6.92. The monoisotopic (exact) mass is 372 g/mol. The number of hydrogen-bond acceptors (Lipinski definition) is 4. The van der Waals surface area contributed by atoms with Crippen molar-refractivity contribution in [1.29, 1.82) is 0 Å². The number of benzene rings is 2. The third-order valence-corrected chi connectivity index (χ3v) is 4.62. The van der Waals surface area contributed by atoms with Crippen molar-refractivity contribution in [2.45, 2.75) is 13.8 Å². The van der Waals surface area contributed by atoms with Crippen LogP contribution in [0.25, 0.3) is 22.5 Å². The van der Waals surface area contributed by atoms with Gasteiger partial charge in [0.25, 0.3) is 0 Å². The van der Waals surface area contributed by atoms with Crippen LogP contribution in [-0.4, -0.2) is 33.5 Å². The van der Waals surface area contributed by atoms with Crippen LogP contribution in [-0.2, 0) is 0 Å². The molecule has 2 aromatic heterocycles. The lowest BCUT2D eigenvalue weighted by Gasteiger charge is -2.03. The standard InChI is InChI=1S/C22H24N6/c1-15-3-7-17(8-4-15)19-13-21(27-25-19)23-11-12-24-22-14-20(26-28-22)18-9-5-16(2)6-10-18/h3-10,13-14H,11-12H2,1-2H3,(H2,23,25,27)(H2,24,26,28). The minimum absolute atomic E-state index is 0.741. The number of aromatic nitrogens is 4. The molecule has 2 aromatic carbocycles. The third-order valence-electron chi connectivity index (χ3n) is 4.62. The Morgan fingerprint density at radius 1 is 0.643 bits per heavy atom. The van der Waals surface area contributed by atoms with Crippen molar-refractivity contribution >= 4 is 11.6 Å². The highest BCUT2D eigenvalue weighted by atomic mass is 15.2. The highest BCUT2D eigenvalue weighted by Crippen LogP contribution is 2.21. The van der Waals surface area contributed by atoms with E-state index in [0.717, 1.165) is 47.2 Å². The first-order chi connectivity index (χ1) is 13.7. The molecule has 0 aliphatic rings. The van der Waals surface area contributed by atoms with Gasteiger partial charge in [-0.05, 0) is 25.0 Å². The normalized spacial score (nSPS) is 10.8. The summed E-state index contributed by atoms with van der Waals surface area (Å²) in [6, 6.07) is 20.8. The number of nitrogens with one attached hydrogen (secondary N) is 4. The van der Waals surface area contributed by atoms with Gasteiger partial charge in [0.15, 0.2) is 0 Å². The first kappa shape index (κ1) is 17.9. The van der Waals surface area contributed by atoms with Gasteiger partial charge in [0, 0.05) is 25.2 Å². The Balaban J connectivity index is 1.27. The number of H-pyrrole nitrogens is 2. The summed E-state index contributed by atoms with van der Waals surface area (Å²) >= 11 is 0. The van der Waals surface area contributed by atoms with Crippen molar-refractivity contribution < 1.29 is 0 Å². The molecular formula is C22H24N6. The zero-order valence-corrected chi connectivity index (χ0v) is 16.1. The van der Waals surface area contributed by atoms with Crippen LogP contribution >= 0.6 is 0 Å². The number of anilines is 2. The maximum Gasteiger partial charge on any atom is 0.148 e. The van der Waals surface area contributed by atoms with Crippen LogP contribution in [0.15, 0.2) is 60.7 Å². The number of nitrogens with zero attached hydrogens (tertiary/aromatic N) is 2. The molecule has 142 valence electrons. The van der Waals surface area contributed by atoms with E-state index in [9.17, 15) is 0 Å². The molecule has 0 fully saturated rings. The highest BCUT2D eigenvalue weighted by molar-refractivity contribution is 5.64. The van der Waals surface area contributed by atoms with Crippen LogP contribution in [0.2, 0.25) is 0 Å². The molecule has 4 rings (SSSR count). The quantitative estimate of drug-likeness (QED) is 0.357. The Morgan fingerprint density at radius 2 is 1.04 bits per heavy atom. The Hall–Kier alpha value is -3.54. The van der Waals surface area contributed by atoms with Crippen molar-refractivity contribution in [3.63, 3.8) is 0 Å². The Labute approximate surface area is 164 Å². The average Bonchev–Trinajstić information content (AvgIpc) is 3.36. The molecule has 2 heterocycles. The van der Waals surface area contributed by atoms with Gasteiger partial charge >= 0.3 is 0 Å². The lowest BCUT2D eigenvalue weighted by molar-refractivity contribution is 1.01. The van der Waals surface area contributed by atoms with Gasteiger partial charge in [0.2, 0.25) is 0 Å². The minimum atomic E-state index is 0.741. The molecule has 4 aromatic rings. The summed E-state index contributed by atoms with van der Waals surface area (Å²) in [7, 11) is 0. The molecule has 0 amide bonds. The summed E-state index contributed by atoms with van der Waals surface area (Å²) in [6.07, 6.45) is 0. The van der Waals surface area contributed by atoms with Crippen LogP contribution in [0.1, 0.15) is 11.1 Å². The van der Waals surface area contributed by atoms with E-state index in [0.29, 0.717) is 0 Å². The van der Waals surface area contributed by atoms with E-state index in [1.54, 1.807) is 0 Å². The lowest BCUT2D eigenvalue weighted by Crippen LogP contribution is -2.13. The summed E-state index contributed by atoms with van der Waals surface area (Å²) in [4.78, 5) is 0. The average molecular weight is 372 g/mol. The number of aromatic amines is 2. The molecular weight excluding hydrogens is 348 g/mol. The van der Waals surface area contributed by atoms with E-state index < -0.39 is 0 Å². The van der Waals surface area contributed by atoms with Crippen LogP contribution in [0.4, 0.5) is 11.6 Å². The van der Waals surface area contributed by atoms with Gasteiger partial charge in [-0.15, -0.1) is 0 Å². The fourth-order valence-electron chi connectivity index (χ4n) is 2.97. The van der Waals surface area contributed by atoms with Gasteiger partial charge in [-0.3, -0.25) is 10.2 Å². The smallest absolute Gasteiger partial charge is 0.148 e. The van der Waals surface area contributed by atoms with Crippen LogP contribution in [0.3, 0.4) is 0 Å². The van der Waals surface area contributed by atoms with Crippen LogP contribution in [0, 0.1) is 13.8 Å². The van der Waals surface area contributed by atoms with Gasteiger partial charge in [0.05, 0.1) is 11.4 Å². The van der Waals surface area contributed by atoms with Gasteiger partial charge in [-0.25, -0.2) is 0 Å². The molecule has 0 unspecified atom stereocenters. The summed E-state index contributed by atoms with van der Waals surface area (Å²) in [5, 5.41) is 21.4. The zero-order chi connectivity index (χ0) is 19.3. The molecule has 0 bridgehead atoms. The molecule has 0 spiro atoms. The maximum atomic E-state index is 4.32. The number of hydrogen-bond donors (Lipinski definition) is 4. The SMILES string of the molecule is Cc1ccc(-c2cc(NCCNc3cc(-c4ccc(C)cc4)[nH]n3)n[nH]2)cc1. The third kappa shape index (κ3) is 4.23. The Bertz CT molecular complexity index is 942. The topological polar surface area (TPSA) is 81.4 Å². The maximum absolute atomic E-state index is 4.32. The van der Waals surface area contributed by atoms with Crippen molar-refractivity contribution in [3.05, 3.63) is 71.8 Å². The van der Waals surface area contributed by atoms with Gasteiger partial charge in [-0.1, -0.05) is 59.7 Å². The van der Waals surface area contributed by atoms with E-state index in [1.807, 2.05) is 12.1 Å². The lowest BCUT2D eigenvalue weighted by atomic mass is 10.1. The number of aryl methyl sites for hydroxylation is 2. The molecule has 0 atom stereocenters. The molecule has 6 nitrogen and oxygen atoms in total. The minimum Gasteiger partial charge on any atom is -0.367 e. The summed E-state index contributed by atoms with van der Waals surface area (Å²) < 4.78 is 0. The van der Waals surface area contributed by atoms with Gasteiger partial charge < -0.3 is 10.6 Å². The first-order valence-corrected chi connectivity index (χ1v) is 9.40. The second-order valence-corrected chi connectivity index (χ2v) is 6.92. The molecule has 0 aliphatic carbocycles. The van der Waals surface area contributed by atoms with Crippen molar-refractivity contribution in [2.75, 3.05) is 23.7 Å². The van der Waals surface area contributed by atoms with E-state index in [2.05, 4.69) is 93.4 Å². The van der Waals surface area contributed by atoms with E-state index >= 15 is 0 Å². The molecule has 28 heavy (non-hydrogen) atoms. The summed E-state index contributed by atoms with van der Waals surface area (Å²) in [5.41, 5.74) is 6.76. The molecule has 0 aliphatic heterocycles. The Morgan fingerprint density at radius 3 is 1.43 bits per heavy atom. The fourth-order valence-corrected chi connectivity index (χ4v) is 2.97. The summed E-state index contributed by atoms with van der Waals surface area (Å²) in [5.74, 6) is 1.67. The van der Waals surface area contributed by atoms with Gasteiger partial charge in [-0.2, -0.15) is 10.2 Å². The van der Waals surface area contributed by atoms with Crippen molar-refractivity contribution in [2.24, 2.45) is 0 Å². The number of rotatable bonds is 7. The predicted molar refractivity (Wildman–Crippen MR) is 115 cm³/mol.